The van der Waals surface area contributed by atoms with E-state index in [2.05, 4.69) is 37.6 Å². The number of nitrogens with zero attached hydrogens (tertiary/aromatic N) is 6. The predicted molar refractivity (Wildman–Crippen MR) is 125 cm³/mol. The summed E-state index contributed by atoms with van der Waals surface area (Å²) in [5, 5.41) is 28.2. The van der Waals surface area contributed by atoms with E-state index in [4.69, 9.17) is 5.26 Å². The van der Waals surface area contributed by atoms with E-state index in [1.807, 2.05) is 36.0 Å². The van der Waals surface area contributed by atoms with Gasteiger partial charge in [-0.3, -0.25) is 4.68 Å². The number of fused-ring (bicyclic) bond motifs is 1. The minimum atomic E-state index is -0.475. The van der Waals surface area contributed by atoms with Gasteiger partial charge in [0.05, 0.1) is 11.3 Å². The molecular weight excluding hydrogens is 417 g/mol. The summed E-state index contributed by atoms with van der Waals surface area (Å²) in [5.41, 5.74) is 2.78. The Hall–Kier alpha value is -3.83. The summed E-state index contributed by atoms with van der Waals surface area (Å²) in [6, 6.07) is 17.2. The Bertz CT molecular complexity index is 1330. The van der Waals surface area contributed by atoms with Gasteiger partial charge in [-0.15, -0.1) is 10.2 Å². The highest BCUT2D eigenvalue weighted by Crippen LogP contribution is 2.32. The van der Waals surface area contributed by atoms with Gasteiger partial charge in [-0.25, -0.2) is 4.39 Å². The lowest BCUT2D eigenvalue weighted by molar-refractivity contribution is 0.412. The highest BCUT2D eigenvalue weighted by molar-refractivity contribution is 5.99. The van der Waals surface area contributed by atoms with Crippen LogP contribution in [-0.4, -0.2) is 39.1 Å². The van der Waals surface area contributed by atoms with Crippen LogP contribution in [0.1, 0.15) is 24.0 Å². The molecule has 0 saturated carbocycles. The third-order valence-electron chi connectivity index (χ3n) is 6.27. The molecule has 1 fully saturated rings. The summed E-state index contributed by atoms with van der Waals surface area (Å²) in [5.74, 6) is 0.435. The van der Waals surface area contributed by atoms with Crippen LogP contribution in [-0.2, 0) is 13.6 Å². The van der Waals surface area contributed by atoms with E-state index in [9.17, 15) is 4.39 Å². The van der Waals surface area contributed by atoms with Crippen molar-refractivity contribution in [1.29, 1.82) is 5.26 Å². The summed E-state index contributed by atoms with van der Waals surface area (Å²) in [6.45, 7) is 2.35. The van der Waals surface area contributed by atoms with Crippen molar-refractivity contribution in [1.82, 2.24) is 25.3 Å². The Kier molecular flexibility index (Phi) is 5.71. The molecule has 1 N–H and O–H groups in total. The molecule has 1 saturated heterocycles. The summed E-state index contributed by atoms with van der Waals surface area (Å²) >= 11 is 0. The van der Waals surface area contributed by atoms with Gasteiger partial charge in [-0.2, -0.15) is 10.4 Å². The average Bonchev–Trinajstić information content (AvgIpc) is 3.28. The van der Waals surface area contributed by atoms with Crippen LogP contribution in [0.2, 0.25) is 0 Å². The van der Waals surface area contributed by atoms with Crippen molar-refractivity contribution in [2.45, 2.75) is 25.4 Å². The molecule has 0 spiro atoms. The minimum absolute atomic E-state index is 0.0872. The third kappa shape index (κ3) is 4.15. The fourth-order valence-corrected chi connectivity index (χ4v) is 4.44. The Balaban J connectivity index is 1.29. The monoisotopic (exact) mass is 441 g/mol. The number of benzene rings is 2. The summed E-state index contributed by atoms with van der Waals surface area (Å²) in [7, 11) is 1.91. The van der Waals surface area contributed by atoms with Crippen LogP contribution in [0.25, 0.3) is 22.2 Å². The van der Waals surface area contributed by atoms with Gasteiger partial charge in [-0.05, 0) is 36.6 Å². The molecule has 0 unspecified atom stereocenters. The average molecular weight is 442 g/mol. The highest BCUT2D eigenvalue weighted by atomic mass is 19.1. The molecule has 0 radical (unpaired) electrons. The highest BCUT2D eigenvalue weighted by Gasteiger charge is 2.23. The molecule has 7 nitrogen and oxygen atoms in total. The molecule has 4 aromatic rings. The SMILES string of the molecule is Cn1nccc1-c1nnc(N2CCC(NCc3ccc(F)c(C#N)c3)CC2)c2ccccc12. The predicted octanol–water partition coefficient (Wildman–Crippen LogP) is 3.80. The molecule has 0 bridgehead atoms. The van der Waals surface area contributed by atoms with Gasteiger partial charge in [0.15, 0.2) is 5.82 Å². The van der Waals surface area contributed by atoms with Gasteiger partial charge in [0.1, 0.15) is 17.6 Å². The van der Waals surface area contributed by atoms with Crippen molar-refractivity contribution >= 4 is 16.6 Å². The number of hydrogen-bond donors (Lipinski definition) is 1. The lowest BCUT2D eigenvalue weighted by Gasteiger charge is -2.33. The van der Waals surface area contributed by atoms with Gasteiger partial charge >= 0.3 is 0 Å². The van der Waals surface area contributed by atoms with E-state index in [0.717, 1.165) is 59.5 Å². The van der Waals surface area contributed by atoms with Crippen LogP contribution in [0.15, 0.2) is 54.7 Å². The third-order valence-corrected chi connectivity index (χ3v) is 6.27. The number of aryl methyl sites for hydroxylation is 1. The van der Waals surface area contributed by atoms with E-state index in [0.29, 0.717) is 12.6 Å². The Morgan fingerprint density at radius 1 is 1.09 bits per heavy atom. The molecular formula is C25H24FN7. The topological polar surface area (TPSA) is 82.7 Å². The van der Waals surface area contributed by atoms with Gasteiger partial charge in [0, 0.05) is 49.7 Å². The van der Waals surface area contributed by atoms with Crippen molar-refractivity contribution in [3.05, 3.63) is 71.7 Å². The van der Waals surface area contributed by atoms with Gasteiger partial charge in [0.2, 0.25) is 0 Å². The summed E-state index contributed by atoms with van der Waals surface area (Å²) in [4.78, 5) is 2.30. The second kappa shape index (κ2) is 8.96. The number of aromatic nitrogens is 4. The smallest absolute Gasteiger partial charge is 0.159 e. The van der Waals surface area contributed by atoms with Crippen molar-refractivity contribution < 1.29 is 4.39 Å². The number of halogens is 1. The largest absolute Gasteiger partial charge is 0.354 e. The zero-order chi connectivity index (χ0) is 22.8. The molecule has 2 aromatic heterocycles. The van der Waals surface area contributed by atoms with Crippen molar-refractivity contribution in [2.75, 3.05) is 18.0 Å². The number of anilines is 1. The molecule has 3 heterocycles. The van der Waals surface area contributed by atoms with E-state index < -0.39 is 5.82 Å². The molecule has 1 aliphatic rings. The maximum atomic E-state index is 13.5. The Morgan fingerprint density at radius 2 is 1.88 bits per heavy atom. The first kappa shape index (κ1) is 21.0. The number of nitrogens with one attached hydrogen (secondary N) is 1. The van der Waals surface area contributed by atoms with E-state index in [-0.39, 0.29) is 5.56 Å². The lowest BCUT2D eigenvalue weighted by Crippen LogP contribution is -2.42. The Morgan fingerprint density at radius 3 is 2.61 bits per heavy atom. The fourth-order valence-electron chi connectivity index (χ4n) is 4.44. The van der Waals surface area contributed by atoms with Crippen LogP contribution in [0, 0.1) is 17.1 Å². The first-order valence-electron chi connectivity index (χ1n) is 11.0. The van der Waals surface area contributed by atoms with Crippen molar-refractivity contribution in [2.24, 2.45) is 7.05 Å². The zero-order valence-electron chi connectivity index (χ0n) is 18.4. The van der Waals surface area contributed by atoms with Crippen LogP contribution in [0.4, 0.5) is 10.2 Å². The second-order valence-corrected chi connectivity index (χ2v) is 8.33. The first-order valence-corrected chi connectivity index (χ1v) is 11.0. The maximum Gasteiger partial charge on any atom is 0.159 e. The summed E-state index contributed by atoms with van der Waals surface area (Å²) in [6.07, 6.45) is 3.70. The van der Waals surface area contributed by atoms with Crippen LogP contribution in [0.5, 0.6) is 0 Å². The Labute approximate surface area is 191 Å². The molecule has 33 heavy (non-hydrogen) atoms. The van der Waals surface area contributed by atoms with Gasteiger partial charge in [-0.1, -0.05) is 30.3 Å². The quantitative estimate of drug-likeness (QED) is 0.507. The zero-order valence-corrected chi connectivity index (χ0v) is 18.4. The standard InChI is InChI=1S/C25H24FN7/c1-32-23(8-11-29-32)24-20-4-2-3-5-21(20)25(31-30-24)33-12-9-19(10-13-33)28-16-17-6-7-22(26)18(14-17)15-27/h2-8,11,14,19,28H,9-10,12-13,16H2,1H3. The lowest BCUT2D eigenvalue weighted by atomic mass is 10.0. The molecule has 1 aliphatic heterocycles. The van der Waals surface area contributed by atoms with E-state index in [1.54, 1.807) is 18.3 Å². The molecule has 0 atom stereocenters. The van der Waals surface area contributed by atoms with Crippen LogP contribution < -0.4 is 10.2 Å². The first-order chi connectivity index (χ1) is 16.1. The second-order valence-electron chi connectivity index (χ2n) is 8.33. The molecule has 0 aliphatic carbocycles. The molecule has 166 valence electrons. The molecule has 8 heteroatoms. The van der Waals surface area contributed by atoms with Crippen molar-refractivity contribution in [3.63, 3.8) is 0 Å². The molecule has 2 aromatic carbocycles. The fraction of sp³-hybridized carbons (Fsp3) is 0.280. The van der Waals surface area contributed by atoms with Gasteiger partial charge in [0.25, 0.3) is 0 Å². The van der Waals surface area contributed by atoms with Crippen LogP contribution in [0.3, 0.4) is 0 Å². The van der Waals surface area contributed by atoms with Gasteiger partial charge < -0.3 is 10.2 Å². The van der Waals surface area contributed by atoms with E-state index >= 15 is 0 Å². The van der Waals surface area contributed by atoms with Crippen molar-refractivity contribution in [3.8, 4) is 17.5 Å². The molecule has 0 amide bonds. The number of piperidine rings is 1. The van der Waals surface area contributed by atoms with Crippen LogP contribution >= 0.6 is 0 Å². The normalized spacial score (nSPS) is 14.5. The maximum absolute atomic E-state index is 13.5. The summed E-state index contributed by atoms with van der Waals surface area (Å²) < 4.78 is 15.4. The minimum Gasteiger partial charge on any atom is -0.354 e. The van der Waals surface area contributed by atoms with E-state index in [1.165, 1.54) is 6.07 Å². The molecule has 5 rings (SSSR count). The number of nitriles is 1. The number of hydrogen-bond acceptors (Lipinski definition) is 6. The number of rotatable bonds is 5.